The Morgan fingerprint density at radius 3 is 2.28 bits per heavy atom. The van der Waals surface area contributed by atoms with E-state index in [1.807, 2.05) is 0 Å². The van der Waals surface area contributed by atoms with Gasteiger partial charge in [0.15, 0.2) is 5.75 Å². The first-order valence-corrected chi connectivity index (χ1v) is 5.21. The summed E-state index contributed by atoms with van der Waals surface area (Å²) in [6.45, 7) is 5.06. The Morgan fingerprint density at radius 1 is 1.28 bits per heavy atom. The summed E-state index contributed by atoms with van der Waals surface area (Å²) in [7, 11) is 0. The number of carboxylic acids is 1. The third-order valence-electron chi connectivity index (χ3n) is 2.00. The summed E-state index contributed by atoms with van der Waals surface area (Å²) >= 11 is 0. The minimum absolute atomic E-state index is 0.0161. The van der Waals surface area contributed by atoms with Crippen LogP contribution in [0.2, 0.25) is 0 Å². The molecular weight excluding hydrogens is 238 g/mol. The van der Waals surface area contributed by atoms with Gasteiger partial charge in [-0.1, -0.05) is 0 Å². The van der Waals surface area contributed by atoms with Gasteiger partial charge in [0.05, 0.1) is 11.3 Å². The van der Waals surface area contributed by atoms with E-state index in [2.05, 4.69) is 0 Å². The monoisotopic (exact) mass is 253 g/mol. The molecule has 0 amide bonds. The summed E-state index contributed by atoms with van der Waals surface area (Å²) in [6, 6.07) is 2.21. The van der Waals surface area contributed by atoms with Crippen LogP contribution in [0.3, 0.4) is 0 Å². The quantitative estimate of drug-likeness (QED) is 0.419. The number of aromatic hydroxyl groups is 1. The molecule has 0 saturated carbocycles. The van der Waals surface area contributed by atoms with Crippen molar-refractivity contribution >= 4 is 17.6 Å². The van der Waals surface area contributed by atoms with E-state index in [1.165, 1.54) is 6.07 Å². The molecule has 0 bridgehead atoms. The Balaban J connectivity index is 3.19. The van der Waals surface area contributed by atoms with Crippen molar-refractivity contribution in [1.82, 2.24) is 0 Å². The second-order valence-electron chi connectivity index (χ2n) is 4.77. The van der Waals surface area contributed by atoms with Crippen molar-refractivity contribution in [3.63, 3.8) is 0 Å². The summed E-state index contributed by atoms with van der Waals surface area (Å²) in [5.74, 6) is -2.63. The summed E-state index contributed by atoms with van der Waals surface area (Å²) in [5.41, 5.74) is 4.10. The Morgan fingerprint density at radius 2 is 1.83 bits per heavy atom. The first-order valence-electron chi connectivity index (χ1n) is 5.21. The average molecular weight is 253 g/mol. The Hall–Kier alpha value is -2.24. The number of phenols is 1. The standard InChI is InChI=1S/C12H15NO5/c1-12(2,3)18-11(17)6-4-7(10(15)16)9(14)8(13)5-6/h4-5,14H,13H2,1-3H3,(H,15,16). The zero-order valence-electron chi connectivity index (χ0n) is 10.4. The molecule has 1 aromatic carbocycles. The minimum atomic E-state index is -1.37. The van der Waals surface area contributed by atoms with Crippen LogP contribution in [0, 0.1) is 0 Å². The molecule has 6 nitrogen and oxygen atoms in total. The number of rotatable bonds is 2. The van der Waals surface area contributed by atoms with E-state index in [1.54, 1.807) is 20.8 Å². The largest absolute Gasteiger partial charge is 0.505 e. The van der Waals surface area contributed by atoms with E-state index in [4.69, 9.17) is 15.6 Å². The van der Waals surface area contributed by atoms with E-state index in [0.29, 0.717) is 0 Å². The second-order valence-corrected chi connectivity index (χ2v) is 4.77. The van der Waals surface area contributed by atoms with Crippen LogP contribution in [0.25, 0.3) is 0 Å². The number of carboxylic acid groups (broad SMARTS) is 1. The normalized spacial score (nSPS) is 11.1. The molecule has 98 valence electrons. The predicted octanol–water partition coefficient (Wildman–Crippen LogP) is 1.63. The third-order valence-corrected chi connectivity index (χ3v) is 2.00. The van der Waals surface area contributed by atoms with Gasteiger partial charge in [-0.25, -0.2) is 9.59 Å². The van der Waals surface area contributed by atoms with Crippen LogP contribution in [0.15, 0.2) is 12.1 Å². The van der Waals surface area contributed by atoms with E-state index in [9.17, 15) is 14.7 Å². The minimum Gasteiger partial charge on any atom is -0.505 e. The fourth-order valence-corrected chi connectivity index (χ4v) is 1.27. The first-order chi connectivity index (χ1) is 8.11. The summed E-state index contributed by atoms with van der Waals surface area (Å²) in [5, 5.41) is 18.3. The van der Waals surface area contributed by atoms with Crippen molar-refractivity contribution in [3.8, 4) is 5.75 Å². The first kappa shape index (κ1) is 13.8. The Bertz CT molecular complexity index is 502. The molecule has 0 aliphatic heterocycles. The van der Waals surface area contributed by atoms with Crippen LogP contribution >= 0.6 is 0 Å². The lowest BCUT2D eigenvalue weighted by atomic mass is 10.1. The van der Waals surface area contributed by atoms with E-state index < -0.39 is 28.9 Å². The van der Waals surface area contributed by atoms with Crippen molar-refractivity contribution in [2.45, 2.75) is 26.4 Å². The van der Waals surface area contributed by atoms with Crippen LogP contribution in [0.1, 0.15) is 41.5 Å². The number of carbonyl (C=O) groups is 2. The molecule has 0 unspecified atom stereocenters. The van der Waals surface area contributed by atoms with Gasteiger partial charge in [0.2, 0.25) is 0 Å². The lowest BCUT2D eigenvalue weighted by molar-refractivity contribution is 0.00696. The SMILES string of the molecule is CC(C)(C)OC(=O)c1cc(N)c(O)c(C(=O)O)c1. The molecule has 1 aromatic rings. The molecule has 0 aliphatic rings. The van der Waals surface area contributed by atoms with Gasteiger partial charge in [-0.15, -0.1) is 0 Å². The van der Waals surface area contributed by atoms with Gasteiger partial charge in [-0.05, 0) is 32.9 Å². The maximum atomic E-state index is 11.7. The molecule has 0 fully saturated rings. The molecule has 1 rings (SSSR count). The number of hydrogen-bond donors (Lipinski definition) is 3. The fraction of sp³-hybridized carbons (Fsp3) is 0.333. The second kappa shape index (κ2) is 4.56. The molecule has 18 heavy (non-hydrogen) atoms. The van der Waals surface area contributed by atoms with Gasteiger partial charge in [0.25, 0.3) is 0 Å². The number of ether oxygens (including phenoxy) is 1. The number of esters is 1. The molecular formula is C12H15NO5. The van der Waals surface area contributed by atoms with Crippen molar-refractivity contribution in [2.24, 2.45) is 0 Å². The number of carbonyl (C=O) groups excluding carboxylic acids is 1. The maximum Gasteiger partial charge on any atom is 0.339 e. The molecule has 0 heterocycles. The van der Waals surface area contributed by atoms with Crippen LogP contribution in [0.5, 0.6) is 5.75 Å². The average Bonchev–Trinajstić information content (AvgIpc) is 2.18. The van der Waals surface area contributed by atoms with Crippen molar-refractivity contribution < 1.29 is 24.5 Å². The summed E-state index contributed by atoms with van der Waals surface area (Å²) < 4.78 is 5.08. The highest BCUT2D eigenvalue weighted by atomic mass is 16.6. The fourth-order valence-electron chi connectivity index (χ4n) is 1.27. The molecule has 0 aromatic heterocycles. The molecule has 0 aliphatic carbocycles. The number of nitrogen functional groups attached to an aromatic ring is 1. The van der Waals surface area contributed by atoms with Crippen LogP contribution < -0.4 is 5.73 Å². The molecule has 0 spiro atoms. The van der Waals surface area contributed by atoms with Crippen molar-refractivity contribution in [1.29, 1.82) is 0 Å². The lowest BCUT2D eigenvalue weighted by Crippen LogP contribution is -2.24. The van der Waals surface area contributed by atoms with E-state index in [0.717, 1.165) is 6.07 Å². The molecule has 0 saturated heterocycles. The number of aromatic carboxylic acids is 1. The van der Waals surface area contributed by atoms with Gasteiger partial charge in [-0.3, -0.25) is 0 Å². The molecule has 0 radical (unpaired) electrons. The van der Waals surface area contributed by atoms with E-state index in [-0.39, 0.29) is 11.3 Å². The smallest absolute Gasteiger partial charge is 0.339 e. The molecule has 0 atom stereocenters. The lowest BCUT2D eigenvalue weighted by Gasteiger charge is -2.19. The molecule has 4 N–H and O–H groups in total. The Kier molecular flexibility index (Phi) is 3.50. The zero-order chi connectivity index (χ0) is 14.1. The van der Waals surface area contributed by atoms with E-state index >= 15 is 0 Å². The summed E-state index contributed by atoms with van der Waals surface area (Å²) in [6.07, 6.45) is 0. The van der Waals surface area contributed by atoms with Gasteiger partial charge in [-0.2, -0.15) is 0 Å². The number of anilines is 1. The zero-order valence-corrected chi connectivity index (χ0v) is 10.4. The topological polar surface area (TPSA) is 110 Å². The van der Waals surface area contributed by atoms with Crippen LogP contribution in [-0.4, -0.2) is 27.8 Å². The van der Waals surface area contributed by atoms with Crippen molar-refractivity contribution in [2.75, 3.05) is 5.73 Å². The van der Waals surface area contributed by atoms with Gasteiger partial charge >= 0.3 is 11.9 Å². The van der Waals surface area contributed by atoms with Crippen LogP contribution in [-0.2, 0) is 4.74 Å². The number of benzene rings is 1. The third kappa shape index (κ3) is 3.13. The highest BCUT2D eigenvalue weighted by molar-refractivity contribution is 5.99. The van der Waals surface area contributed by atoms with Crippen LogP contribution in [0.4, 0.5) is 5.69 Å². The number of nitrogens with two attached hydrogens (primary N) is 1. The van der Waals surface area contributed by atoms with Crippen molar-refractivity contribution in [3.05, 3.63) is 23.3 Å². The van der Waals surface area contributed by atoms with Gasteiger partial charge in [0, 0.05) is 0 Å². The Labute approximate surface area is 104 Å². The highest BCUT2D eigenvalue weighted by Crippen LogP contribution is 2.27. The van der Waals surface area contributed by atoms with Gasteiger partial charge in [0.1, 0.15) is 11.2 Å². The number of hydrogen-bond acceptors (Lipinski definition) is 5. The molecule has 6 heteroatoms. The predicted molar refractivity (Wildman–Crippen MR) is 64.6 cm³/mol. The highest BCUT2D eigenvalue weighted by Gasteiger charge is 2.21. The maximum absolute atomic E-state index is 11.7. The van der Waals surface area contributed by atoms with Gasteiger partial charge < -0.3 is 20.7 Å². The summed E-state index contributed by atoms with van der Waals surface area (Å²) in [4.78, 5) is 22.6.